The van der Waals surface area contributed by atoms with Crippen molar-refractivity contribution >= 4 is 22.6 Å². The second-order valence-corrected chi connectivity index (χ2v) is 7.86. The molecule has 1 aromatic heterocycles. The number of ether oxygens (including phenoxy) is 1. The highest BCUT2D eigenvalue weighted by Gasteiger charge is 2.16. The minimum atomic E-state index is -0.319. The summed E-state index contributed by atoms with van der Waals surface area (Å²) in [7, 11) is 0. The standard InChI is InChI=1S/C25H28N2O4/c28-24(27-15-5-1-2-6-16-27)13-14-26-25(29)23-12-11-22(31-23)18-30-21-10-9-19-7-3-4-8-20(19)17-21/h3-4,7-12,17H,1-2,5-6,13-16,18H2,(H,26,29). The number of benzene rings is 2. The van der Waals surface area contributed by atoms with E-state index in [-0.39, 0.29) is 24.2 Å². The summed E-state index contributed by atoms with van der Waals surface area (Å²) in [5.41, 5.74) is 0. The fourth-order valence-electron chi connectivity index (χ4n) is 3.84. The molecular formula is C25H28N2O4. The van der Waals surface area contributed by atoms with Gasteiger partial charge in [-0.3, -0.25) is 9.59 Å². The number of hydrogen-bond acceptors (Lipinski definition) is 4. The number of furan rings is 1. The highest BCUT2D eigenvalue weighted by molar-refractivity contribution is 5.91. The molecule has 0 aliphatic carbocycles. The lowest BCUT2D eigenvalue weighted by atomic mass is 10.1. The van der Waals surface area contributed by atoms with Gasteiger partial charge >= 0.3 is 0 Å². The van der Waals surface area contributed by atoms with Gasteiger partial charge in [0.05, 0.1) is 0 Å². The van der Waals surface area contributed by atoms with Gasteiger partial charge in [-0.05, 0) is 47.9 Å². The van der Waals surface area contributed by atoms with Gasteiger partial charge in [0.15, 0.2) is 5.76 Å². The Bertz CT molecular complexity index is 1030. The molecule has 1 aliphatic heterocycles. The van der Waals surface area contributed by atoms with E-state index in [0.29, 0.717) is 18.7 Å². The van der Waals surface area contributed by atoms with Crippen LogP contribution in [-0.2, 0) is 11.4 Å². The van der Waals surface area contributed by atoms with Gasteiger partial charge < -0.3 is 19.4 Å². The van der Waals surface area contributed by atoms with Crippen LogP contribution in [0.5, 0.6) is 5.75 Å². The lowest BCUT2D eigenvalue weighted by Crippen LogP contribution is -2.35. The van der Waals surface area contributed by atoms with Gasteiger partial charge in [0.1, 0.15) is 18.1 Å². The predicted molar refractivity (Wildman–Crippen MR) is 119 cm³/mol. The number of nitrogens with zero attached hydrogens (tertiary/aromatic N) is 1. The van der Waals surface area contributed by atoms with Gasteiger partial charge in [0, 0.05) is 26.1 Å². The molecule has 0 spiro atoms. The zero-order valence-corrected chi connectivity index (χ0v) is 17.6. The van der Waals surface area contributed by atoms with E-state index in [1.165, 1.54) is 12.8 Å². The molecule has 1 aliphatic rings. The zero-order valence-electron chi connectivity index (χ0n) is 17.6. The number of fused-ring (bicyclic) bond motifs is 1. The van der Waals surface area contributed by atoms with E-state index in [2.05, 4.69) is 11.4 Å². The molecular weight excluding hydrogens is 392 g/mol. The molecule has 6 nitrogen and oxygen atoms in total. The fourth-order valence-corrected chi connectivity index (χ4v) is 3.84. The molecule has 1 N–H and O–H groups in total. The van der Waals surface area contributed by atoms with Crippen LogP contribution in [0.15, 0.2) is 59.0 Å². The molecule has 0 bridgehead atoms. The van der Waals surface area contributed by atoms with Crippen molar-refractivity contribution in [2.45, 2.75) is 38.7 Å². The number of nitrogens with one attached hydrogen (secondary N) is 1. The normalized spacial score (nSPS) is 14.3. The molecule has 1 fully saturated rings. The zero-order chi connectivity index (χ0) is 21.5. The molecule has 2 heterocycles. The van der Waals surface area contributed by atoms with Crippen LogP contribution in [0.1, 0.15) is 48.4 Å². The van der Waals surface area contributed by atoms with E-state index < -0.39 is 0 Å². The molecule has 4 rings (SSSR count). The molecule has 0 atom stereocenters. The summed E-state index contributed by atoms with van der Waals surface area (Å²) in [5, 5.41) is 5.03. The number of hydrogen-bond donors (Lipinski definition) is 1. The first-order chi connectivity index (χ1) is 15.2. The van der Waals surface area contributed by atoms with E-state index in [0.717, 1.165) is 42.5 Å². The van der Waals surface area contributed by atoms with Crippen LogP contribution in [0, 0.1) is 0 Å². The lowest BCUT2D eigenvalue weighted by Gasteiger charge is -2.20. The number of amides is 2. The Balaban J connectivity index is 1.23. The van der Waals surface area contributed by atoms with E-state index >= 15 is 0 Å². The van der Waals surface area contributed by atoms with Gasteiger partial charge in [0.2, 0.25) is 5.91 Å². The Labute approximate surface area is 182 Å². The van der Waals surface area contributed by atoms with Crippen LogP contribution in [0.4, 0.5) is 0 Å². The summed E-state index contributed by atoms with van der Waals surface area (Å²) in [6.45, 7) is 2.19. The number of rotatable bonds is 7. The van der Waals surface area contributed by atoms with Gasteiger partial charge in [-0.1, -0.05) is 43.2 Å². The highest BCUT2D eigenvalue weighted by atomic mass is 16.5. The van der Waals surface area contributed by atoms with Crippen molar-refractivity contribution in [1.29, 1.82) is 0 Å². The SMILES string of the molecule is O=C(NCCC(=O)N1CCCCCC1)c1ccc(COc2ccc3ccccc3c2)o1. The molecule has 31 heavy (non-hydrogen) atoms. The van der Waals surface area contributed by atoms with Crippen molar-refractivity contribution in [2.75, 3.05) is 19.6 Å². The largest absolute Gasteiger partial charge is 0.486 e. The molecule has 0 unspecified atom stereocenters. The van der Waals surface area contributed by atoms with Crippen LogP contribution >= 0.6 is 0 Å². The monoisotopic (exact) mass is 420 g/mol. The maximum Gasteiger partial charge on any atom is 0.287 e. The number of carbonyl (C=O) groups is 2. The predicted octanol–water partition coefficient (Wildman–Crippen LogP) is 4.53. The first-order valence-electron chi connectivity index (χ1n) is 11.0. The summed E-state index contributed by atoms with van der Waals surface area (Å²) in [4.78, 5) is 26.5. The molecule has 1 saturated heterocycles. The molecule has 6 heteroatoms. The topological polar surface area (TPSA) is 71.8 Å². The maximum atomic E-state index is 12.3. The van der Waals surface area contributed by atoms with Crippen molar-refractivity contribution in [2.24, 2.45) is 0 Å². The summed E-state index contributed by atoms with van der Waals surface area (Å²) >= 11 is 0. The van der Waals surface area contributed by atoms with Gasteiger partial charge in [-0.2, -0.15) is 0 Å². The molecule has 2 aromatic carbocycles. The van der Waals surface area contributed by atoms with Crippen LogP contribution in [0.25, 0.3) is 10.8 Å². The summed E-state index contributed by atoms with van der Waals surface area (Å²) < 4.78 is 11.4. The Morgan fingerprint density at radius 2 is 1.71 bits per heavy atom. The van der Waals surface area contributed by atoms with E-state index in [4.69, 9.17) is 9.15 Å². The van der Waals surface area contributed by atoms with Crippen molar-refractivity contribution in [1.82, 2.24) is 10.2 Å². The Kier molecular flexibility index (Phi) is 6.87. The minimum absolute atomic E-state index is 0.103. The number of carbonyl (C=O) groups excluding carboxylic acids is 2. The molecule has 0 saturated carbocycles. The van der Waals surface area contributed by atoms with E-state index in [1.807, 2.05) is 41.3 Å². The molecule has 3 aromatic rings. The maximum absolute atomic E-state index is 12.3. The highest BCUT2D eigenvalue weighted by Crippen LogP contribution is 2.21. The first kappa shape index (κ1) is 21.0. The third kappa shape index (κ3) is 5.66. The average molecular weight is 421 g/mol. The van der Waals surface area contributed by atoms with Gasteiger partial charge in [-0.25, -0.2) is 0 Å². The molecule has 2 amide bonds. The second-order valence-electron chi connectivity index (χ2n) is 7.86. The quantitative estimate of drug-likeness (QED) is 0.609. The van der Waals surface area contributed by atoms with Crippen LogP contribution in [-0.4, -0.2) is 36.3 Å². The van der Waals surface area contributed by atoms with Gasteiger partial charge in [-0.15, -0.1) is 0 Å². The second kappa shape index (κ2) is 10.2. The Morgan fingerprint density at radius 1 is 0.935 bits per heavy atom. The summed E-state index contributed by atoms with van der Waals surface area (Å²) in [5.74, 6) is 1.32. The number of likely N-dealkylation sites (tertiary alicyclic amines) is 1. The van der Waals surface area contributed by atoms with Crippen LogP contribution in [0.2, 0.25) is 0 Å². The Morgan fingerprint density at radius 3 is 2.52 bits per heavy atom. The van der Waals surface area contributed by atoms with E-state index in [9.17, 15) is 9.59 Å². The fraction of sp³-hybridized carbons (Fsp3) is 0.360. The van der Waals surface area contributed by atoms with Gasteiger partial charge in [0.25, 0.3) is 5.91 Å². The summed E-state index contributed by atoms with van der Waals surface area (Å²) in [6, 6.07) is 17.4. The minimum Gasteiger partial charge on any atom is -0.486 e. The lowest BCUT2D eigenvalue weighted by molar-refractivity contribution is -0.131. The third-order valence-corrected chi connectivity index (χ3v) is 5.57. The van der Waals surface area contributed by atoms with Crippen molar-refractivity contribution in [3.63, 3.8) is 0 Å². The Hall–Kier alpha value is -3.28. The summed E-state index contributed by atoms with van der Waals surface area (Å²) in [6.07, 6.45) is 4.81. The van der Waals surface area contributed by atoms with Crippen LogP contribution in [0.3, 0.4) is 0 Å². The van der Waals surface area contributed by atoms with Crippen molar-refractivity contribution in [3.05, 3.63) is 66.1 Å². The average Bonchev–Trinajstić information content (AvgIpc) is 3.10. The third-order valence-electron chi connectivity index (χ3n) is 5.57. The van der Waals surface area contributed by atoms with Crippen molar-refractivity contribution in [3.8, 4) is 5.75 Å². The smallest absolute Gasteiger partial charge is 0.287 e. The molecule has 0 radical (unpaired) electrons. The van der Waals surface area contributed by atoms with E-state index in [1.54, 1.807) is 12.1 Å². The van der Waals surface area contributed by atoms with Crippen LogP contribution < -0.4 is 10.1 Å². The molecule has 162 valence electrons. The van der Waals surface area contributed by atoms with Crippen molar-refractivity contribution < 1.29 is 18.7 Å². The first-order valence-corrected chi connectivity index (χ1v) is 11.0.